The number of rotatable bonds is 4. The molecule has 11 rings (SSSR count). The second-order valence-corrected chi connectivity index (χ2v) is 13.2. The smallest absolute Gasteiger partial charge is 0.164 e. The van der Waals surface area contributed by atoms with Crippen molar-refractivity contribution in [2.24, 2.45) is 0 Å². The average Bonchev–Trinajstić information content (AvgIpc) is 3.78. The zero-order chi connectivity index (χ0) is 34.2. The van der Waals surface area contributed by atoms with Gasteiger partial charge in [-0.1, -0.05) is 115 Å². The van der Waals surface area contributed by atoms with Crippen LogP contribution in [-0.4, -0.2) is 15.0 Å². The second-order valence-electron chi connectivity index (χ2n) is 13.2. The van der Waals surface area contributed by atoms with Crippen LogP contribution < -0.4 is 0 Å². The monoisotopic (exact) mass is 665 g/mol. The highest BCUT2D eigenvalue weighted by atomic mass is 16.3. The highest BCUT2D eigenvalue weighted by Gasteiger charge is 2.19. The summed E-state index contributed by atoms with van der Waals surface area (Å²) in [6.45, 7) is 0. The van der Waals surface area contributed by atoms with E-state index in [0.29, 0.717) is 17.5 Å². The first-order valence-electron chi connectivity index (χ1n) is 17.3. The number of furan rings is 2. The normalized spacial score (nSPS) is 11.8. The van der Waals surface area contributed by atoms with Crippen molar-refractivity contribution < 1.29 is 8.83 Å². The van der Waals surface area contributed by atoms with E-state index in [-0.39, 0.29) is 0 Å². The molecule has 0 amide bonds. The lowest BCUT2D eigenvalue weighted by molar-refractivity contribution is 0.669. The lowest BCUT2D eigenvalue weighted by Gasteiger charge is -2.10. The van der Waals surface area contributed by atoms with E-state index < -0.39 is 0 Å². The quantitative estimate of drug-likeness (QED) is 0.187. The number of hydrogen-bond donors (Lipinski definition) is 0. The molecule has 0 atom stereocenters. The van der Waals surface area contributed by atoms with E-state index in [9.17, 15) is 0 Å². The third-order valence-electron chi connectivity index (χ3n) is 10.1. The average molecular weight is 666 g/mol. The van der Waals surface area contributed by atoms with Crippen molar-refractivity contribution in [2.75, 3.05) is 0 Å². The third-order valence-corrected chi connectivity index (χ3v) is 10.1. The Morgan fingerprint density at radius 1 is 0.308 bits per heavy atom. The molecule has 0 fully saturated rings. The van der Waals surface area contributed by atoms with Crippen molar-refractivity contribution in [2.45, 2.75) is 0 Å². The van der Waals surface area contributed by atoms with Gasteiger partial charge in [0.1, 0.15) is 22.3 Å². The number of benzene rings is 8. The van der Waals surface area contributed by atoms with Crippen molar-refractivity contribution in [1.29, 1.82) is 0 Å². The van der Waals surface area contributed by atoms with Gasteiger partial charge < -0.3 is 8.83 Å². The topological polar surface area (TPSA) is 65.0 Å². The first-order chi connectivity index (χ1) is 25.7. The minimum absolute atomic E-state index is 0.587. The fourth-order valence-corrected chi connectivity index (χ4v) is 7.51. The second kappa shape index (κ2) is 11.2. The summed E-state index contributed by atoms with van der Waals surface area (Å²) in [5.74, 6) is 1.82. The molecule has 0 aliphatic rings. The van der Waals surface area contributed by atoms with Crippen LogP contribution in [-0.2, 0) is 0 Å². The van der Waals surface area contributed by atoms with Gasteiger partial charge >= 0.3 is 0 Å². The maximum absolute atomic E-state index is 6.45. The van der Waals surface area contributed by atoms with Gasteiger partial charge in [0.05, 0.1) is 0 Å². The summed E-state index contributed by atoms with van der Waals surface area (Å²) in [4.78, 5) is 15.4. The predicted molar refractivity (Wildman–Crippen MR) is 211 cm³/mol. The SMILES string of the molecule is c1ccc2cc(-c3nc(-c4ccc5ccccc5c4)nc(-c4cccc5oc6ccc(-c7ccc8c(c7)oc7ccccc78)cc6c45)n3)ccc2c1. The van der Waals surface area contributed by atoms with Crippen LogP contribution >= 0.6 is 0 Å². The van der Waals surface area contributed by atoms with Gasteiger partial charge in [0.25, 0.3) is 0 Å². The molecule has 52 heavy (non-hydrogen) atoms. The minimum Gasteiger partial charge on any atom is -0.456 e. The largest absolute Gasteiger partial charge is 0.456 e. The maximum Gasteiger partial charge on any atom is 0.164 e. The van der Waals surface area contributed by atoms with Gasteiger partial charge in [0, 0.05) is 38.2 Å². The van der Waals surface area contributed by atoms with Gasteiger partial charge in [-0.25, -0.2) is 15.0 Å². The Kier molecular flexibility index (Phi) is 6.18. The Bertz CT molecular complexity index is 3110. The summed E-state index contributed by atoms with van der Waals surface area (Å²) >= 11 is 0. The van der Waals surface area contributed by atoms with Gasteiger partial charge in [0.15, 0.2) is 17.5 Å². The van der Waals surface area contributed by atoms with E-state index in [1.54, 1.807) is 0 Å². The number of aromatic nitrogens is 3. The summed E-state index contributed by atoms with van der Waals surface area (Å²) < 4.78 is 12.7. The molecule has 0 saturated carbocycles. The van der Waals surface area contributed by atoms with Gasteiger partial charge in [0.2, 0.25) is 0 Å². The molecule has 0 saturated heterocycles. The van der Waals surface area contributed by atoms with Crippen LogP contribution in [0.2, 0.25) is 0 Å². The van der Waals surface area contributed by atoms with E-state index in [1.807, 2.05) is 36.4 Å². The molecular weight excluding hydrogens is 639 g/mol. The zero-order valence-electron chi connectivity index (χ0n) is 27.7. The van der Waals surface area contributed by atoms with E-state index in [2.05, 4.69) is 127 Å². The summed E-state index contributed by atoms with van der Waals surface area (Å²) in [7, 11) is 0. The van der Waals surface area contributed by atoms with Crippen molar-refractivity contribution in [3.8, 4) is 45.3 Å². The molecule has 0 unspecified atom stereocenters. The summed E-state index contributed by atoms with van der Waals surface area (Å²) in [6, 6.07) is 56.4. The fraction of sp³-hybridized carbons (Fsp3) is 0. The fourth-order valence-electron chi connectivity index (χ4n) is 7.51. The molecule has 3 aromatic heterocycles. The predicted octanol–water partition coefficient (Wildman–Crippen LogP) is 12.6. The molecule has 0 spiro atoms. The van der Waals surface area contributed by atoms with Crippen molar-refractivity contribution >= 4 is 65.4 Å². The Balaban J connectivity index is 1.11. The van der Waals surface area contributed by atoms with Crippen molar-refractivity contribution in [1.82, 2.24) is 15.0 Å². The molecule has 3 heterocycles. The van der Waals surface area contributed by atoms with Crippen LogP contribution in [0.5, 0.6) is 0 Å². The molecule has 11 aromatic rings. The lowest BCUT2D eigenvalue weighted by Crippen LogP contribution is -2.00. The molecule has 5 nitrogen and oxygen atoms in total. The lowest BCUT2D eigenvalue weighted by atomic mass is 9.99. The van der Waals surface area contributed by atoms with Crippen LogP contribution in [0.15, 0.2) is 173 Å². The first-order valence-corrected chi connectivity index (χ1v) is 17.3. The Hall–Kier alpha value is -7.11. The standard InChI is InChI=1S/C47H27N3O2/c1-3-10-30-24-34(18-16-28(30)8-1)45-48-46(35-19-17-29-9-2-4-11-31(29)25-35)50-47(49-45)38-13-7-15-42-44(38)39-26-32(21-23-41(39)51-42)33-20-22-37-36-12-5-6-14-40(36)52-43(37)27-33/h1-27H. The Morgan fingerprint density at radius 3 is 1.60 bits per heavy atom. The molecule has 0 aliphatic carbocycles. The van der Waals surface area contributed by atoms with Crippen molar-refractivity contribution in [3.05, 3.63) is 164 Å². The highest BCUT2D eigenvalue weighted by Crippen LogP contribution is 2.40. The van der Waals surface area contributed by atoms with E-state index >= 15 is 0 Å². The molecule has 0 bridgehead atoms. The van der Waals surface area contributed by atoms with E-state index in [0.717, 1.165) is 82.5 Å². The molecule has 0 radical (unpaired) electrons. The number of fused-ring (bicyclic) bond motifs is 8. The molecule has 0 aliphatic heterocycles. The van der Waals surface area contributed by atoms with Gasteiger partial charge in [-0.15, -0.1) is 0 Å². The molecule has 242 valence electrons. The molecule has 0 N–H and O–H groups in total. The van der Waals surface area contributed by atoms with Crippen LogP contribution in [0.25, 0.3) is 111 Å². The summed E-state index contributed by atoms with van der Waals surface area (Å²) in [5, 5.41) is 8.78. The maximum atomic E-state index is 6.45. The number of hydrogen-bond acceptors (Lipinski definition) is 5. The molecule has 5 heteroatoms. The van der Waals surface area contributed by atoms with Crippen LogP contribution in [0.4, 0.5) is 0 Å². The number of nitrogens with zero attached hydrogens (tertiary/aromatic N) is 3. The van der Waals surface area contributed by atoms with Gasteiger partial charge in [-0.05, 0) is 81.2 Å². The van der Waals surface area contributed by atoms with E-state index in [4.69, 9.17) is 23.8 Å². The Morgan fingerprint density at radius 2 is 0.846 bits per heavy atom. The van der Waals surface area contributed by atoms with Gasteiger partial charge in [-0.3, -0.25) is 0 Å². The summed E-state index contributed by atoms with van der Waals surface area (Å²) in [6.07, 6.45) is 0. The van der Waals surface area contributed by atoms with E-state index in [1.165, 1.54) is 10.8 Å². The highest BCUT2D eigenvalue weighted by molar-refractivity contribution is 6.13. The van der Waals surface area contributed by atoms with Crippen molar-refractivity contribution in [3.63, 3.8) is 0 Å². The van der Waals surface area contributed by atoms with Crippen LogP contribution in [0.3, 0.4) is 0 Å². The minimum atomic E-state index is 0.587. The molecule has 8 aromatic carbocycles. The van der Waals surface area contributed by atoms with Gasteiger partial charge in [-0.2, -0.15) is 0 Å². The molecular formula is C47H27N3O2. The van der Waals surface area contributed by atoms with Crippen LogP contribution in [0, 0.1) is 0 Å². The first kappa shape index (κ1) is 28.7. The van der Waals surface area contributed by atoms with Crippen LogP contribution in [0.1, 0.15) is 0 Å². The Labute approximate surface area is 297 Å². The third kappa shape index (κ3) is 4.60. The number of para-hydroxylation sites is 1. The summed E-state index contributed by atoms with van der Waals surface area (Å²) in [5.41, 5.74) is 8.20. The zero-order valence-corrected chi connectivity index (χ0v) is 27.7.